The number of thiophene rings is 1. The van der Waals surface area contributed by atoms with Crippen molar-refractivity contribution >= 4 is 40.5 Å². The summed E-state index contributed by atoms with van der Waals surface area (Å²) in [5.74, 6) is -1.51. The summed E-state index contributed by atoms with van der Waals surface area (Å²) >= 11 is 7.38. The highest BCUT2D eigenvalue weighted by Gasteiger charge is 2.18. The third-order valence-electron chi connectivity index (χ3n) is 2.76. The molecule has 0 saturated heterocycles. The molecule has 1 heterocycles. The number of nitrogens with one attached hydrogen (secondary N) is 1. The molecule has 1 aromatic carbocycles. The van der Waals surface area contributed by atoms with Crippen molar-refractivity contribution < 1.29 is 14.7 Å². The van der Waals surface area contributed by atoms with Crippen LogP contribution in [-0.4, -0.2) is 17.0 Å². The first-order chi connectivity index (χ1) is 9.40. The average Bonchev–Trinajstić information content (AvgIpc) is 2.68. The normalized spacial score (nSPS) is 10.3. The van der Waals surface area contributed by atoms with Gasteiger partial charge in [-0.05, 0) is 32.0 Å². The van der Waals surface area contributed by atoms with E-state index < -0.39 is 5.97 Å². The van der Waals surface area contributed by atoms with Gasteiger partial charge in [-0.25, -0.2) is 4.79 Å². The number of carbonyl (C=O) groups excluding carboxylic acids is 1. The molecule has 1 aromatic heterocycles. The van der Waals surface area contributed by atoms with Gasteiger partial charge >= 0.3 is 5.97 Å². The number of carboxylic acids is 1. The van der Waals surface area contributed by atoms with Crippen molar-refractivity contribution in [1.29, 1.82) is 0 Å². The monoisotopic (exact) mass is 309 g/mol. The summed E-state index contributed by atoms with van der Waals surface area (Å²) in [4.78, 5) is 25.3. The maximum Gasteiger partial charge on any atom is 0.339 e. The van der Waals surface area contributed by atoms with Crippen LogP contribution in [0.4, 0.5) is 5.69 Å². The van der Waals surface area contributed by atoms with Crippen molar-refractivity contribution in [3.8, 4) is 0 Å². The van der Waals surface area contributed by atoms with Crippen LogP contribution in [0.3, 0.4) is 0 Å². The lowest BCUT2D eigenvalue weighted by molar-refractivity contribution is 0.0698. The second-order valence-electron chi connectivity index (χ2n) is 4.25. The minimum Gasteiger partial charge on any atom is -0.478 e. The fourth-order valence-corrected chi connectivity index (χ4v) is 3.07. The SMILES string of the molecule is Cc1cc(C(=O)Nc2cccc(Cl)c2C(=O)O)c(C)s1. The summed E-state index contributed by atoms with van der Waals surface area (Å²) in [7, 11) is 0. The number of aromatic carboxylic acids is 1. The lowest BCUT2D eigenvalue weighted by atomic mass is 10.1. The molecule has 0 saturated carbocycles. The molecule has 2 aromatic rings. The van der Waals surface area contributed by atoms with E-state index in [1.807, 2.05) is 13.8 Å². The van der Waals surface area contributed by atoms with Crippen LogP contribution in [-0.2, 0) is 0 Å². The molecule has 0 unspecified atom stereocenters. The second kappa shape index (κ2) is 5.64. The zero-order chi connectivity index (χ0) is 14.9. The molecule has 0 spiro atoms. The standard InChI is InChI=1S/C14H12ClNO3S/c1-7-6-9(8(2)20-7)13(17)16-11-5-3-4-10(15)12(11)14(18)19/h3-6H,1-2H3,(H,16,17)(H,18,19). The number of anilines is 1. The third kappa shape index (κ3) is 2.84. The molecule has 2 N–H and O–H groups in total. The molecule has 0 aliphatic heterocycles. The quantitative estimate of drug-likeness (QED) is 0.901. The Bertz CT molecular complexity index is 694. The van der Waals surface area contributed by atoms with Crippen molar-refractivity contribution in [2.75, 3.05) is 5.32 Å². The number of rotatable bonds is 3. The zero-order valence-electron chi connectivity index (χ0n) is 10.9. The van der Waals surface area contributed by atoms with E-state index in [2.05, 4.69) is 5.32 Å². The molecule has 20 heavy (non-hydrogen) atoms. The Balaban J connectivity index is 2.36. The van der Waals surface area contributed by atoms with Crippen LogP contribution in [0.5, 0.6) is 0 Å². The molecule has 2 rings (SSSR count). The zero-order valence-corrected chi connectivity index (χ0v) is 12.4. The number of halogens is 1. The number of aryl methyl sites for hydroxylation is 2. The molecular weight excluding hydrogens is 298 g/mol. The number of hydrogen-bond donors (Lipinski definition) is 2. The summed E-state index contributed by atoms with van der Waals surface area (Å²) in [5.41, 5.74) is 0.634. The lowest BCUT2D eigenvalue weighted by Gasteiger charge is -2.09. The predicted molar refractivity (Wildman–Crippen MR) is 80.2 cm³/mol. The van der Waals surface area contributed by atoms with Crippen LogP contribution in [0.2, 0.25) is 5.02 Å². The van der Waals surface area contributed by atoms with Crippen molar-refractivity contribution in [2.45, 2.75) is 13.8 Å². The van der Waals surface area contributed by atoms with Gasteiger partial charge in [0.2, 0.25) is 0 Å². The summed E-state index contributed by atoms with van der Waals surface area (Å²) in [6, 6.07) is 6.36. The molecule has 0 radical (unpaired) electrons. The second-order valence-corrected chi connectivity index (χ2v) is 6.12. The minimum absolute atomic E-state index is 0.0912. The highest BCUT2D eigenvalue weighted by atomic mass is 35.5. The predicted octanol–water partition coefficient (Wildman–Crippen LogP) is 3.97. The molecular formula is C14H12ClNO3S. The van der Waals surface area contributed by atoms with Crippen LogP contribution in [0.15, 0.2) is 24.3 Å². The van der Waals surface area contributed by atoms with Gasteiger partial charge in [-0.3, -0.25) is 4.79 Å². The molecule has 6 heteroatoms. The van der Waals surface area contributed by atoms with Crippen LogP contribution >= 0.6 is 22.9 Å². The van der Waals surface area contributed by atoms with E-state index in [1.54, 1.807) is 12.1 Å². The highest BCUT2D eigenvalue weighted by Crippen LogP contribution is 2.26. The van der Waals surface area contributed by atoms with E-state index >= 15 is 0 Å². The number of benzene rings is 1. The molecule has 1 amide bonds. The Morgan fingerprint density at radius 3 is 2.55 bits per heavy atom. The van der Waals surface area contributed by atoms with Gasteiger partial charge < -0.3 is 10.4 Å². The van der Waals surface area contributed by atoms with Crippen molar-refractivity contribution in [3.05, 3.63) is 50.2 Å². The van der Waals surface area contributed by atoms with Crippen molar-refractivity contribution in [1.82, 2.24) is 0 Å². The summed E-state index contributed by atoms with van der Waals surface area (Å²) in [6.07, 6.45) is 0. The van der Waals surface area contributed by atoms with Gasteiger partial charge in [0.25, 0.3) is 5.91 Å². The maximum absolute atomic E-state index is 12.2. The smallest absolute Gasteiger partial charge is 0.339 e. The van der Waals surface area contributed by atoms with Gasteiger partial charge in [-0.1, -0.05) is 17.7 Å². The van der Waals surface area contributed by atoms with Gasteiger partial charge in [0.05, 0.1) is 16.3 Å². The molecule has 0 bridgehead atoms. The van der Waals surface area contributed by atoms with Crippen molar-refractivity contribution in [3.63, 3.8) is 0 Å². The summed E-state index contributed by atoms with van der Waals surface area (Å²) in [6.45, 7) is 3.76. The number of hydrogen-bond acceptors (Lipinski definition) is 3. The molecule has 4 nitrogen and oxygen atoms in total. The van der Waals surface area contributed by atoms with Crippen LogP contribution in [0, 0.1) is 13.8 Å². The minimum atomic E-state index is -1.18. The highest BCUT2D eigenvalue weighted by molar-refractivity contribution is 7.12. The average molecular weight is 310 g/mol. The topological polar surface area (TPSA) is 66.4 Å². The maximum atomic E-state index is 12.2. The molecule has 104 valence electrons. The van der Waals surface area contributed by atoms with Gasteiger partial charge in [-0.15, -0.1) is 11.3 Å². The summed E-state index contributed by atoms with van der Waals surface area (Å²) < 4.78 is 0. The van der Waals surface area contributed by atoms with Crippen molar-refractivity contribution in [2.24, 2.45) is 0 Å². The van der Waals surface area contributed by atoms with Crippen LogP contribution in [0.25, 0.3) is 0 Å². The Hall–Kier alpha value is -1.85. The van der Waals surface area contributed by atoms with Crippen LogP contribution < -0.4 is 5.32 Å². The number of carbonyl (C=O) groups is 2. The molecule has 0 fully saturated rings. The molecule has 0 aliphatic carbocycles. The fourth-order valence-electron chi connectivity index (χ4n) is 1.89. The van der Waals surface area contributed by atoms with E-state index in [4.69, 9.17) is 16.7 Å². The summed E-state index contributed by atoms with van der Waals surface area (Å²) in [5, 5.41) is 11.9. The molecule has 0 aliphatic rings. The van der Waals surface area contributed by atoms with E-state index in [1.165, 1.54) is 23.5 Å². The first-order valence-corrected chi connectivity index (χ1v) is 6.99. The Morgan fingerprint density at radius 1 is 1.30 bits per heavy atom. The van der Waals surface area contributed by atoms with Gasteiger partial charge in [0.1, 0.15) is 5.56 Å². The third-order valence-corrected chi connectivity index (χ3v) is 4.04. The Morgan fingerprint density at radius 2 is 2.00 bits per heavy atom. The van der Waals surface area contributed by atoms with E-state index in [0.717, 1.165) is 9.75 Å². The van der Waals surface area contributed by atoms with Gasteiger partial charge in [-0.2, -0.15) is 0 Å². The largest absolute Gasteiger partial charge is 0.478 e. The first-order valence-electron chi connectivity index (χ1n) is 5.80. The first kappa shape index (κ1) is 14.6. The van der Waals surface area contributed by atoms with Gasteiger partial charge in [0.15, 0.2) is 0 Å². The van der Waals surface area contributed by atoms with E-state index in [9.17, 15) is 9.59 Å². The Kier molecular flexibility index (Phi) is 4.11. The lowest BCUT2D eigenvalue weighted by Crippen LogP contribution is -2.15. The van der Waals surface area contributed by atoms with E-state index in [-0.39, 0.29) is 22.2 Å². The number of carboxylic acid groups (broad SMARTS) is 1. The van der Waals surface area contributed by atoms with Crippen LogP contribution in [0.1, 0.15) is 30.5 Å². The van der Waals surface area contributed by atoms with Gasteiger partial charge in [0, 0.05) is 9.75 Å². The Labute approximate surface area is 125 Å². The molecule has 0 atom stereocenters. The number of amides is 1. The fraction of sp³-hybridized carbons (Fsp3) is 0.143. The van der Waals surface area contributed by atoms with E-state index in [0.29, 0.717) is 5.56 Å².